The van der Waals surface area contributed by atoms with Crippen molar-refractivity contribution in [2.24, 2.45) is 0 Å². The number of nitrogens with zero attached hydrogens (tertiary/aromatic N) is 1. The number of carbonyl (C=O) groups is 1. The third-order valence-electron chi connectivity index (χ3n) is 2.45. The number of hydrogen-bond acceptors (Lipinski definition) is 2. The van der Waals surface area contributed by atoms with Crippen molar-refractivity contribution < 1.29 is 9.18 Å². The van der Waals surface area contributed by atoms with Gasteiger partial charge in [0.1, 0.15) is 5.82 Å². The minimum absolute atomic E-state index is 0.0295. The van der Waals surface area contributed by atoms with Crippen molar-refractivity contribution in [3.8, 4) is 0 Å². The summed E-state index contributed by atoms with van der Waals surface area (Å²) in [6.07, 6.45) is 2.19. The second-order valence-electron chi connectivity index (χ2n) is 4.02. The molecule has 0 unspecified atom stereocenters. The molecule has 16 heavy (non-hydrogen) atoms. The molecule has 1 rings (SSSR count). The normalized spacial score (nSPS) is 10.8. The van der Waals surface area contributed by atoms with Gasteiger partial charge in [0.05, 0.1) is 6.54 Å². The smallest absolute Gasteiger partial charge is 0.176 e. The molecule has 0 heterocycles. The average Bonchev–Trinajstić information content (AvgIpc) is 2.26. The van der Waals surface area contributed by atoms with Gasteiger partial charge in [-0.15, -0.1) is 0 Å². The summed E-state index contributed by atoms with van der Waals surface area (Å²) in [6, 6.07) is 5.85. The van der Waals surface area contributed by atoms with E-state index in [1.54, 1.807) is 12.1 Å². The lowest BCUT2D eigenvalue weighted by atomic mass is 10.1. The first-order chi connectivity index (χ1) is 7.63. The highest BCUT2D eigenvalue weighted by Crippen LogP contribution is 2.05. The number of hydrogen-bond donors (Lipinski definition) is 0. The summed E-state index contributed by atoms with van der Waals surface area (Å²) in [4.78, 5) is 13.7. The Labute approximate surface area is 96.1 Å². The first-order valence-corrected chi connectivity index (χ1v) is 5.60. The highest BCUT2D eigenvalue weighted by molar-refractivity contribution is 5.97. The Morgan fingerprint density at radius 3 is 2.81 bits per heavy atom. The maximum Gasteiger partial charge on any atom is 0.176 e. The molecule has 0 aliphatic rings. The predicted octanol–water partition coefficient (Wildman–Crippen LogP) is 2.74. The van der Waals surface area contributed by atoms with Gasteiger partial charge < -0.3 is 0 Å². The maximum atomic E-state index is 12.9. The highest BCUT2D eigenvalue weighted by Gasteiger charge is 2.09. The summed E-state index contributed by atoms with van der Waals surface area (Å²) in [5, 5.41) is 0. The molecule has 1 aromatic carbocycles. The zero-order valence-corrected chi connectivity index (χ0v) is 9.87. The average molecular weight is 223 g/mol. The zero-order chi connectivity index (χ0) is 12.0. The van der Waals surface area contributed by atoms with Gasteiger partial charge in [-0.1, -0.05) is 25.5 Å². The number of carbonyl (C=O) groups excluding carboxylic acids is 1. The number of unbranched alkanes of at least 4 members (excludes halogenated alkanes) is 1. The predicted molar refractivity (Wildman–Crippen MR) is 63.1 cm³/mol. The van der Waals surface area contributed by atoms with E-state index in [0.29, 0.717) is 12.1 Å². The Morgan fingerprint density at radius 2 is 2.19 bits per heavy atom. The van der Waals surface area contributed by atoms with Crippen molar-refractivity contribution in [3.05, 3.63) is 35.6 Å². The molecule has 0 N–H and O–H groups in total. The van der Waals surface area contributed by atoms with Gasteiger partial charge in [-0.05, 0) is 32.1 Å². The monoisotopic (exact) mass is 223 g/mol. The van der Waals surface area contributed by atoms with Crippen LogP contribution in [0.5, 0.6) is 0 Å². The van der Waals surface area contributed by atoms with Crippen LogP contribution in [0.3, 0.4) is 0 Å². The molecule has 0 saturated carbocycles. The van der Waals surface area contributed by atoms with Gasteiger partial charge in [-0.25, -0.2) is 4.39 Å². The summed E-state index contributed by atoms with van der Waals surface area (Å²) in [5.74, 6) is -0.389. The number of Topliss-reactive ketones (excluding diaryl/α,β-unsaturated/α-hetero) is 1. The SMILES string of the molecule is CCCCN(C)CC(=O)c1cccc(F)c1. The van der Waals surface area contributed by atoms with Crippen LogP contribution in [0.2, 0.25) is 0 Å². The first-order valence-electron chi connectivity index (χ1n) is 5.60. The molecule has 0 fully saturated rings. The van der Waals surface area contributed by atoms with Crippen molar-refractivity contribution in [1.82, 2.24) is 4.90 Å². The molecule has 0 radical (unpaired) electrons. The fourth-order valence-electron chi connectivity index (χ4n) is 1.51. The number of likely N-dealkylation sites (N-methyl/N-ethyl adjacent to an activating group) is 1. The molecular weight excluding hydrogens is 205 g/mol. The van der Waals surface area contributed by atoms with Crippen LogP contribution < -0.4 is 0 Å². The van der Waals surface area contributed by atoms with Crippen molar-refractivity contribution >= 4 is 5.78 Å². The molecule has 1 aromatic rings. The van der Waals surface area contributed by atoms with E-state index in [0.717, 1.165) is 19.4 Å². The van der Waals surface area contributed by atoms with E-state index in [1.807, 2.05) is 11.9 Å². The summed E-state index contributed by atoms with van der Waals surface area (Å²) < 4.78 is 12.9. The Bertz CT molecular complexity index is 352. The highest BCUT2D eigenvalue weighted by atomic mass is 19.1. The lowest BCUT2D eigenvalue weighted by Crippen LogP contribution is -2.26. The zero-order valence-electron chi connectivity index (χ0n) is 9.87. The Kier molecular flexibility index (Phi) is 5.12. The van der Waals surface area contributed by atoms with Gasteiger partial charge in [0, 0.05) is 5.56 Å². The quantitative estimate of drug-likeness (QED) is 0.691. The van der Waals surface area contributed by atoms with Gasteiger partial charge in [-0.3, -0.25) is 9.69 Å². The van der Waals surface area contributed by atoms with E-state index in [4.69, 9.17) is 0 Å². The Balaban J connectivity index is 2.52. The molecule has 0 saturated heterocycles. The second-order valence-corrected chi connectivity index (χ2v) is 4.02. The molecule has 0 spiro atoms. The van der Waals surface area contributed by atoms with Crippen LogP contribution in [0.1, 0.15) is 30.1 Å². The summed E-state index contributed by atoms with van der Waals surface area (Å²) in [6.45, 7) is 3.36. The van der Waals surface area contributed by atoms with Gasteiger partial charge in [-0.2, -0.15) is 0 Å². The molecule has 88 valence electrons. The van der Waals surface area contributed by atoms with Crippen molar-refractivity contribution in [2.45, 2.75) is 19.8 Å². The van der Waals surface area contributed by atoms with Crippen LogP contribution in [-0.4, -0.2) is 30.8 Å². The van der Waals surface area contributed by atoms with E-state index in [-0.39, 0.29) is 11.6 Å². The molecule has 0 aliphatic carbocycles. The van der Waals surface area contributed by atoms with Crippen LogP contribution in [0.4, 0.5) is 4.39 Å². The van der Waals surface area contributed by atoms with Crippen LogP contribution in [0.15, 0.2) is 24.3 Å². The Morgan fingerprint density at radius 1 is 1.44 bits per heavy atom. The van der Waals surface area contributed by atoms with Gasteiger partial charge in [0.25, 0.3) is 0 Å². The number of ketones is 1. The molecule has 0 aromatic heterocycles. The molecule has 2 nitrogen and oxygen atoms in total. The molecular formula is C13H18FNO. The fourth-order valence-corrected chi connectivity index (χ4v) is 1.51. The van der Waals surface area contributed by atoms with Crippen molar-refractivity contribution in [2.75, 3.05) is 20.1 Å². The molecule has 3 heteroatoms. The number of halogens is 1. The minimum atomic E-state index is -0.359. The van der Waals surface area contributed by atoms with Gasteiger partial charge in [0.2, 0.25) is 0 Å². The second kappa shape index (κ2) is 6.38. The van der Waals surface area contributed by atoms with Crippen LogP contribution in [0.25, 0.3) is 0 Å². The van der Waals surface area contributed by atoms with E-state index in [1.165, 1.54) is 12.1 Å². The minimum Gasteiger partial charge on any atom is -0.299 e. The fraction of sp³-hybridized carbons (Fsp3) is 0.462. The first kappa shape index (κ1) is 12.8. The summed E-state index contributed by atoms with van der Waals surface area (Å²) in [7, 11) is 1.91. The molecule has 0 atom stereocenters. The largest absolute Gasteiger partial charge is 0.299 e. The van der Waals surface area contributed by atoms with Crippen molar-refractivity contribution in [3.63, 3.8) is 0 Å². The van der Waals surface area contributed by atoms with E-state index < -0.39 is 0 Å². The number of rotatable bonds is 6. The summed E-state index contributed by atoms with van der Waals surface area (Å²) in [5.41, 5.74) is 0.448. The lowest BCUT2D eigenvalue weighted by Gasteiger charge is -2.14. The van der Waals surface area contributed by atoms with E-state index in [9.17, 15) is 9.18 Å². The van der Waals surface area contributed by atoms with Crippen LogP contribution in [0, 0.1) is 5.82 Å². The van der Waals surface area contributed by atoms with Crippen molar-refractivity contribution in [1.29, 1.82) is 0 Å². The molecule has 0 amide bonds. The van der Waals surface area contributed by atoms with Gasteiger partial charge in [0.15, 0.2) is 5.78 Å². The number of benzene rings is 1. The van der Waals surface area contributed by atoms with Crippen LogP contribution >= 0.6 is 0 Å². The Hall–Kier alpha value is -1.22. The molecule has 0 bridgehead atoms. The maximum absolute atomic E-state index is 12.9. The van der Waals surface area contributed by atoms with E-state index in [2.05, 4.69) is 6.92 Å². The third kappa shape index (κ3) is 4.11. The van der Waals surface area contributed by atoms with E-state index >= 15 is 0 Å². The summed E-state index contributed by atoms with van der Waals surface area (Å²) >= 11 is 0. The lowest BCUT2D eigenvalue weighted by molar-refractivity contribution is 0.0945. The molecule has 0 aliphatic heterocycles. The topological polar surface area (TPSA) is 20.3 Å². The van der Waals surface area contributed by atoms with Crippen LogP contribution in [-0.2, 0) is 0 Å². The van der Waals surface area contributed by atoms with Gasteiger partial charge >= 0.3 is 0 Å². The standard InChI is InChI=1S/C13H18FNO/c1-3-4-8-15(2)10-13(16)11-6-5-7-12(14)9-11/h5-7,9H,3-4,8,10H2,1-2H3. The third-order valence-corrected chi connectivity index (χ3v) is 2.45.